The summed E-state index contributed by atoms with van der Waals surface area (Å²) in [6.45, 7) is 7.31. The Labute approximate surface area is 182 Å². The first kappa shape index (κ1) is 21.4. The van der Waals surface area contributed by atoms with Gasteiger partial charge < -0.3 is 24.3 Å². The fourth-order valence-corrected chi connectivity index (χ4v) is 4.35. The molecule has 0 aromatic carbocycles. The van der Waals surface area contributed by atoms with Crippen molar-refractivity contribution < 1.29 is 18.7 Å². The van der Waals surface area contributed by atoms with Crippen LogP contribution in [0.25, 0.3) is 0 Å². The van der Waals surface area contributed by atoms with Crippen LogP contribution in [0.4, 0.5) is 5.82 Å². The molecule has 2 aromatic heterocycles. The van der Waals surface area contributed by atoms with Gasteiger partial charge in [-0.3, -0.25) is 9.59 Å². The first-order valence-corrected chi connectivity index (χ1v) is 10.9. The third-order valence-corrected chi connectivity index (χ3v) is 5.87. The molecule has 3 unspecified atom stereocenters. The maximum Gasteiger partial charge on any atom is 0.257 e. The minimum absolute atomic E-state index is 0.0235. The van der Waals surface area contributed by atoms with E-state index < -0.39 is 0 Å². The van der Waals surface area contributed by atoms with Gasteiger partial charge in [-0.2, -0.15) is 0 Å². The van der Waals surface area contributed by atoms with Gasteiger partial charge in [-0.25, -0.2) is 4.98 Å². The number of aromatic nitrogens is 1. The van der Waals surface area contributed by atoms with Crippen molar-refractivity contribution in [2.45, 2.75) is 45.4 Å². The minimum Gasteiger partial charge on any atom is -0.472 e. The largest absolute Gasteiger partial charge is 0.472 e. The van der Waals surface area contributed by atoms with Crippen LogP contribution in [0, 0.1) is 5.92 Å². The minimum atomic E-state index is -0.201. The molecule has 2 aliphatic rings. The molecule has 2 aromatic rings. The summed E-state index contributed by atoms with van der Waals surface area (Å²) in [5, 5.41) is 3.01. The van der Waals surface area contributed by atoms with E-state index in [4.69, 9.17) is 9.15 Å². The molecule has 0 radical (unpaired) electrons. The van der Waals surface area contributed by atoms with E-state index in [1.807, 2.05) is 18.3 Å². The number of nitrogens with zero attached hydrogens (tertiary/aromatic N) is 3. The summed E-state index contributed by atoms with van der Waals surface area (Å²) in [6.07, 6.45) is 6.71. The van der Waals surface area contributed by atoms with Crippen molar-refractivity contribution in [1.82, 2.24) is 15.2 Å². The monoisotopic (exact) mass is 426 g/mol. The topological polar surface area (TPSA) is 87.9 Å². The summed E-state index contributed by atoms with van der Waals surface area (Å²) in [7, 11) is 0. The number of pyridine rings is 1. The van der Waals surface area contributed by atoms with Crippen molar-refractivity contribution >= 4 is 17.6 Å². The number of morpholine rings is 1. The zero-order chi connectivity index (χ0) is 21.8. The van der Waals surface area contributed by atoms with Crippen molar-refractivity contribution in [2.24, 2.45) is 5.92 Å². The number of carbonyl (C=O) groups is 2. The molecule has 0 spiro atoms. The summed E-state index contributed by atoms with van der Waals surface area (Å²) in [5.41, 5.74) is 1.48. The van der Waals surface area contributed by atoms with Crippen LogP contribution in [-0.2, 0) is 16.1 Å². The van der Waals surface area contributed by atoms with Crippen molar-refractivity contribution in [3.05, 3.63) is 48.0 Å². The van der Waals surface area contributed by atoms with Gasteiger partial charge in [-0.1, -0.05) is 6.07 Å². The normalized spacial score (nSPS) is 24.1. The van der Waals surface area contributed by atoms with Gasteiger partial charge in [0, 0.05) is 38.9 Å². The van der Waals surface area contributed by atoms with Gasteiger partial charge in [0.25, 0.3) is 5.91 Å². The predicted molar refractivity (Wildman–Crippen MR) is 116 cm³/mol. The van der Waals surface area contributed by atoms with Crippen LogP contribution >= 0.6 is 0 Å². The lowest BCUT2D eigenvalue weighted by Crippen LogP contribution is -2.46. The van der Waals surface area contributed by atoms with Crippen molar-refractivity contribution in [3.8, 4) is 0 Å². The Kier molecular flexibility index (Phi) is 6.56. The first-order chi connectivity index (χ1) is 15.0. The molecule has 0 saturated carbocycles. The van der Waals surface area contributed by atoms with Gasteiger partial charge in [0.05, 0.1) is 30.0 Å². The third-order valence-electron chi connectivity index (χ3n) is 5.87. The lowest BCUT2D eigenvalue weighted by molar-refractivity contribution is -0.126. The summed E-state index contributed by atoms with van der Waals surface area (Å²) in [5.74, 6) is 0.619. The Bertz CT molecular complexity index is 873. The number of ether oxygens (including phenoxy) is 1. The molecule has 2 amide bonds. The molecular formula is C23H30N4O4. The number of anilines is 1. The molecule has 31 heavy (non-hydrogen) atoms. The summed E-state index contributed by atoms with van der Waals surface area (Å²) in [4.78, 5) is 33.8. The Hall–Kier alpha value is -2.87. The van der Waals surface area contributed by atoms with E-state index in [-0.39, 0.29) is 29.9 Å². The average Bonchev–Trinajstić information content (AvgIpc) is 3.32. The van der Waals surface area contributed by atoms with Gasteiger partial charge in [0.2, 0.25) is 5.91 Å². The highest BCUT2D eigenvalue weighted by Gasteiger charge is 2.29. The fraction of sp³-hybridized carbons (Fsp3) is 0.522. The van der Waals surface area contributed by atoms with Crippen LogP contribution in [0.3, 0.4) is 0 Å². The van der Waals surface area contributed by atoms with E-state index in [0.29, 0.717) is 25.2 Å². The zero-order valence-corrected chi connectivity index (χ0v) is 18.1. The molecule has 8 nitrogen and oxygen atoms in total. The van der Waals surface area contributed by atoms with Gasteiger partial charge >= 0.3 is 0 Å². The number of rotatable bonds is 5. The van der Waals surface area contributed by atoms with E-state index in [1.54, 1.807) is 11.0 Å². The lowest BCUT2D eigenvalue weighted by Gasteiger charge is -2.36. The summed E-state index contributed by atoms with van der Waals surface area (Å²) >= 11 is 0. The molecule has 1 N–H and O–H groups in total. The molecule has 8 heteroatoms. The smallest absolute Gasteiger partial charge is 0.257 e. The number of likely N-dealkylation sites (tertiary alicyclic amines) is 1. The molecule has 2 fully saturated rings. The van der Waals surface area contributed by atoms with Gasteiger partial charge in [-0.05, 0) is 44.4 Å². The number of hydrogen-bond acceptors (Lipinski definition) is 6. The molecular weight excluding hydrogens is 396 g/mol. The van der Waals surface area contributed by atoms with Gasteiger partial charge in [-0.15, -0.1) is 0 Å². The Morgan fingerprint density at radius 2 is 1.97 bits per heavy atom. The molecule has 4 heterocycles. The van der Waals surface area contributed by atoms with Crippen molar-refractivity contribution in [2.75, 3.05) is 31.1 Å². The van der Waals surface area contributed by atoms with Crippen LogP contribution in [0.5, 0.6) is 0 Å². The van der Waals surface area contributed by atoms with E-state index in [1.165, 1.54) is 12.5 Å². The number of carbonyl (C=O) groups excluding carboxylic acids is 2. The highest BCUT2D eigenvalue weighted by molar-refractivity contribution is 5.94. The Morgan fingerprint density at radius 3 is 2.65 bits per heavy atom. The highest BCUT2D eigenvalue weighted by Crippen LogP contribution is 2.20. The molecule has 2 saturated heterocycles. The first-order valence-electron chi connectivity index (χ1n) is 10.9. The molecule has 0 bridgehead atoms. The maximum absolute atomic E-state index is 12.7. The second-order valence-electron chi connectivity index (χ2n) is 8.51. The predicted octanol–water partition coefficient (Wildman–Crippen LogP) is 2.46. The van der Waals surface area contributed by atoms with Crippen molar-refractivity contribution in [3.63, 3.8) is 0 Å². The van der Waals surface area contributed by atoms with Gasteiger partial charge in [0.15, 0.2) is 0 Å². The summed E-state index contributed by atoms with van der Waals surface area (Å²) in [6, 6.07) is 5.65. The Balaban J connectivity index is 1.29. The second kappa shape index (κ2) is 9.51. The number of nitrogens with one attached hydrogen (secondary N) is 1. The van der Waals surface area contributed by atoms with E-state index >= 15 is 0 Å². The zero-order valence-electron chi connectivity index (χ0n) is 18.1. The fourth-order valence-electron chi connectivity index (χ4n) is 4.35. The van der Waals surface area contributed by atoms with Crippen LogP contribution in [0.15, 0.2) is 41.3 Å². The van der Waals surface area contributed by atoms with Crippen molar-refractivity contribution in [1.29, 1.82) is 0 Å². The van der Waals surface area contributed by atoms with Gasteiger partial charge in [0.1, 0.15) is 12.1 Å². The molecule has 3 atom stereocenters. The number of piperidine rings is 1. The number of amides is 2. The van der Waals surface area contributed by atoms with Crippen LogP contribution in [-0.4, -0.2) is 60.1 Å². The quantitative estimate of drug-likeness (QED) is 0.790. The molecule has 4 rings (SSSR count). The van der Waals surface area contributed by atoms with E-state index in [2.05, 4.69) is 29.0 Å². The standard InChI is InChI=1S/C23H30N4O4/c1-16-12-27(13-17(2)31-16)21-6-5-18(10-24-21)11-25-22(28)19-4-3-8-26(14-19)23(29)20-7-9-30-15-20/h5-7,9-10,15-17,19H,3-4,8,11-14H2,1-2H3,(H,25,28). The Morgan fingerprint density at radius 1 is 1.16 bits per heavy atom. The van der Waals surface area contributed by atoms with Crippen LogP contribution < -0.4 is 10.2 Å². The average molecular weight is 427 g/mol. The molecule has 2 aliphatic heterocycles. The second-order valence-corrected chi connectivity index (χ2v) is 8.51. The lowest BCUT2D eigenvalue weighted by atomic mass is 9.96. The number of hydrogen-bond donors (Lipinski definition) is 1. The highest BCUT2D eigenvalue weighted by atomic mass is 16.5. The molecule has 166 valence electrons. The number of furan rings is 1. The summed E-state index contributed by atoms with van der Waals surface area (Å²) < 4.78 is 10.8. The molecule has 0 aliphatic carbocycles. The van der Waals surface area contributed by atoms with E-state index in [9.17, 15) is 9.59 Å². The van der Waals surface area contributed by atoms with Crippen LogP contribution in [0.1, 0.15) is 42.6 Å². The SMILES string of the molecule is CC1CN(c2ccc(CNC(=O)C3CCCN(C(=O)c4ccoc4)C3)cn2)CC(C)O1. The maximum atomic E-state index is 12.7. The van der Waals surface area contributed by atoms with Crippen LogP contribution in [0.2, 0.25) is 0 Å². The van der Waals surface area contributed by atoms with E-state index in [0.717, 1.165) is 37.3 Å². The third kappa shape index (κ3) is 5.25.